The first kappa shape index (κ1) is 15.5. The Morgan fingerprint density at radius 1 is 1.10 bits per heavy atom. The van der Waals surface area contributed by atoms with E-state index in [2.05, 4.69) is 5.32 Å². The molecule has 0 aliphatic carbocycles. The fraction of sp³-hybridized carbons (Fsp3) is 0.133. The van der Waals surface area contributed by atoms with E-state index in [4.69, 9.17) is 11.6 Å². The number of amides is 1. The number of halogens is 1. The minimum atomic E-state index is -3.22. The topological polar surface area (TPSA) is 63.2 Å². The van der Waals surface area contributed by atoms with Gasteiger partial charge in [-0.15, -0.1) is 0 Å². The minimum Gasteiger partial charge on any atom is -0.324 e. The average Bonchev–Trinajstić information content (AvgIpc) is 2.41. The molecule has 0 saturated heterocycles. The van der Waals surface area contributed by atoms with Gasteiger partial charge in [0.2, 0.25) is 5.91 Å². The summed E-state index contributed by atoms with van der Waals surface area (Å²) in [4.78, 5) is 12.2. The van der Waals surface area contributed by atoms with E-state index in [0.717, 1.165) is 11.8 Å². The molecule has 0 radical (unpaired) electrons. The zero-order valence-corrected chi connectivity index (χ0v) is 12.9. The van der Waals surface area contributed by atoms with Crippen LogP contribution in [0.1, 0.15) is 5.56 Å². The van der Waals surface area contributed by atoms with Crippen LogP contribution in [0.4, 0.5) is 5.69 Å². The van der Waals surface area contributed by atoms with Crippen LogP contribution in [0.3, 0.4) is 0 Å². The van der Waals surface area contributed by atoms with E-state index in [1.54, 1.807) is 36.4 Å². The number of hydrogen-bond acceptors (Lipinski definition) is 3. The number of sulfone groups is 1. The highest BCUT2D eigenvalue weighted by molar-refractivity contribution is 7.90. The van der Waals surface area contributed by atoms with E-state index < -0.39 is 9.84 Å². The third-order valence-corrected chi connectivity index (χ3v) is 4.32. The molecule has 21 heavy (non-hydrogen) atoms. The van der Waals surface area contributed by atoms with Gasteiger partial charge >= 0.3 is 0 Å². The van der Waals surface area contributed by atoms with Crippen molar-refractivity contribution in [2.45, 2.75) is 11.3 Å². The molecule has 1 amide bonds. The van der Waals surface area contributed by atoms with Crippen LogP contribution < -0.4 is 5.32 Å². The molecular weight excluding hydrogens is 310 g/mol. The molecule has 0 heterocycles. The number of carbonyl (C=O) groups excluding carboxylic acids is 1. The lowest BCUT2D eigenvalue weighted by atomic mass is 10.1. The van der Waals surface area contributed by atoms with Crippen molar-refractivity contribution in [1.29, 1.82) is 0 Å². The number of rotatable bonds is 4. The lowest BCUT2D eigenvalue weighted by Crippen LogP contribution is -2.14. The van der Waals surface area contributed by atoms with Crippen LogP contribution in [-0.4, -0.2) is 20.6 Å². The molecule has 6 heteroatoms. The number of para-hydroxylation sites is 1. The van der Waals surface area contributed by atoms with Crippen LogP contribution in [0, 0.1) is 0 Å². The zero-order valence-electron chi connectivity index (χ0n) is 11.3. The van der Waals surface area contributed by atoms with Gasteiger partial charge in [-0.1, -0.05) is 35.9 Å². The quantitative estimate of drug-likeness (QED) is 0.941. The Hall–Kier alpha value is -1.85. The summed E-state index contributed by atoms with van der Waals surface area (Å²) in [6.07, 6.45) is 1.29. The van der Waals surface area contributed by atoms with Crippen LogP contribution in [-0.2, 0) is 21.1 Å². The van der Waals surface area contributed by atoms with E-state index in [0.29, 0.717) is 10.7 Å². The number of benzene rings is 2. The van der Waals surface area contributed by atoms with Crippen LogP contribution in [0.15, 0.2) is 53.4 Å². The SMILES string of the molecule is CS(=O)(=O)c1ccc(CC(=O)Nc2ccccc2Cl)cc1. The summed E-state index contributed by atoms with van der Waals surface area (Å²) in [6.45, 7) is 0. The molecule has 0 fully saturated rings. The Morgan fingerprint density at radius 3 is 2.29 bits per heavy atom. The molecule has 0 unspecified atom stereocenters. The first-order valence-electron chi connectivity index (χ1n) is 6.19. The smallest absolute Gasteiger partial charge is 0.228 e. The number of hydrogen-bond donors (Lipinski definition) is 1. The third kappa shape index (κ3) is 4.31. The summed E-state index contributed by atoms with van der Waals surface area (Å²) in [5.74, 6) is -0.213. The van der Waals surface area contributed by atoms with Crippen LogP contribution in [0.25, 0.3) is 0 Å². The molecule has 2 aromatic carbocycles. The van der Waals surface area contributed by atoms with Crippen LogP contribution >= 0.6 is 11.6 Å². The maximum absolute atomic E-state index is 11.9. The van der Waals surface area contributed by atoms with E-state index in [1.165, 1.54) is 12.1 Å². The Kier molecular flexibility index (Phi) is 4.65. The lowest BCUT2D eigenvalue weighted by Gasteiger charge is -2.07. The molecule has 0 bridgehead atoms. The summed E-state index contributed by atoms with van der Waals surface area (Å²) >= 11 is 5.96. The Bertz CT molecular complexity index is 755. The standard InChI is InChI=1S/C15H14ClNO3S/c1-21(19,20)12-8-6-11(7-9-12)10-15(18)17-14-5-3-2-4-13(14)16/h2-9H,10H2,1H3,(H,17,18). The number of nitrogens with one attached hydrogen (secondary N) is 1. The first-order valence-corrected chi connectivity index (χ1v) is 8.46. The fourth-order valence-corrected chi connectivity index (χ4v) is 2.61. The summed E-state index contributed by atoms with van der Waals surface area (Å²) in [7, 11) is -3.22. The fourth-order valence-electron chi connectivity index (χ4n) is 1.80. The van der Waals surface area contributed by atoms with Crippen molar-refractivity contribution in [2.24, 2.45) is 0 Å². The first-order chi connectivity index (χ1) is 9.86. The normalized spacial score (nSPS) is 11.1. The van der Waals surface area contributed by atoms with E-state index in [1.807, 2.05) is 0 Å². The maximum Gasteiger partial charge on any atom is 0.228 e. The van der Waals surface area contributed by atoms with Gasteiger partial charge in [0.1, 0.15) is 0 Å². The van der Waals surface area contributed by atoms with Gasteiger partial charge in [-0.3, -0.25) is 4.79 Å². The molecule has 0 saturated carbocycles. The van der Waals surface area contributed by atoms with Gasteiger partial charge in [-0.25, -0.2) is 8.42 Å². The van der Waals surface area contributed by atoms with Gasteiger partial charge in [-0.05, 0) is 29.8 Å². The molecule has 110 valence electrons. The molecular formula is C15H14ClNO3S. The van der Waals surface area contributed by atoms with Crippen LogP contribution in [0.5, 0.6) is 0 Å². The molecule has 0 aliphatic heterocycles. The number of carbonyl (C=O) groups is 1. The Labute approximate surface area is 128 Å². The highest BCUT2D eigenvalue weighted by Crippen LogP contribution is 2.20. The van der Waals surface area contributed by atoms with Crippen molar-refractivity contribution in [2.75, 3.05) is 11.6 Å². The number of anilines is 1. The van der Waals surface area contributed by atoms with Gasteiger partial charge in [0.05, 0.1) is 22.0 Å². The molecule has 2 aromatic rings. The lowest BCUT2D eigenvalue weighted by molar-refractivity contribution is -0.115. The summed E-state index contributed by atoms with van der Waals surface area (Å²) in [5.41, 5.74) is 1.28. The van der Waals surface area contributed by atoms with E-state index in [-0.39, 0.29) is 17.2 Å². The highest BCUT2D eigenvalue weighted by atomic mass is 35.5. The van der Waals surface area contributed by atoms with Crippen molar-refractivity contribution >= 4 is 33.0 Å². The predicted octanol–water partition coefficient (Wildman–Crippen LogP) is 2.92. The van der Waals surface area contributed by atoms with Gasteiger partial charge in [-0.2, -0.15) is 0 Å². The molecule has 0 spiro atoms. The van der Waals surface area contributed by atoms with Crippen LogP contribution in [0.2, 0.25) is 5.02 Å². The van der Waals surface area contributed by atoms with Gasteiger partial charge in [0.15, 0.2) is 9.84 Å². The van der Waals surface area contributed by atoms with Crippen molar-refractivity contribution < 1.29 is 13.2 Å². The molecule has 4 nitrogen and oxygen atoms in total. The second kappa shape index (κ2) is 6.28. The zero-order chi connectivity index (χ0) is 15.5. The van der Waals surface area contributed by atoms with Crippen molar-refractivity contribution in [3.8, 4) is 0 Å². The van der Waals surface area contributed by atoms with Crippen molar-refractivity contribution in [3.63, 3.8) is 0 Å². The molecule has 0 aromatic heterocycles. The van der Waals surface area contributed by atoms with Gasteiger partial charge in [0, 0.05) is 6.26 Å². The monoisotopic (exact) mass is 323 g/mol. The van der Waals surface area contributed by atoms with Gasteiger partial charge < -0.3 is 5.32 Å². The van der Waals surface area contributed by atoms with Crippen molar-refractivity contribution in [3.05, 3.63) is 59.1 Å². The highest BCUT2D eigenvalue weighted by Gasteiger charge is 2.09. The molecule has 2 rings (SSSR count). The Balaban J connectivity index is 2.05. The molecule has 1 N–H and O–H groups in total. The third-order valence-electron chi connectivity index (χ3n) is 2.86. The van der Waals surface area contributed by atoms with Crippen molar-refractivity contribution in [1.82, 2.24) is 0 Å². The average molecular weight is 324 g/mol. The molecule has 0 atom stereocenters. The second-order valence-electron chi connectivity index (χ2n) is 4.62. The summed E-state index contributed by atoms with van der Waals surface area (Å²) in [6, 6.07) is 13.2. The maximum atomic E-state index is 11.9. The Morgan fingerprint density at radius 2 is 1.71 bits per heavy atom. The van der Waals surface area contributed by atoms with E-state index in [9.17, 15) is 13.2 Å². The summed E-state index contributed by atoms with van der Waals surface area (Å²) in [5, 5.41) is 3.19. The predicted molar refractivity (Wildman–Crippen MR) is 83.3 cm³/mol. The largest absolute Gasteiger partial charge is 0.324 e. The summed E-state index contributed by atoms with van der Waals surface area (Å²) < 4.78 is 22.7. The van der Waals surface area contributed by atoms with E-state index >= 15 is 0 Å². The van der Waals surface area contributed by atoms with Gasteiger partial charge in [0.25, 0.3) is 0 Å². The minimum absolute atomic E-state index is 0.148. The second-order valence-corrected chi connectivity index (χ2v) is 7.04. The molecule has 0 aliphatic rings.